The SMILES string of the molecule is C=C1CCCC(C)(C)[C@@H]1C(=O)OCC. The average molecular weight is 196 g/mol. The van der Waals surface area contributed by atoms with E-state index in [1.54, 1.807) is 0 Å². The molecule has 0 saturated heterocycles. The molecule has 1 aliphatic rings. The first-order chi connectivity index (χ1) is 6.49. The van der Waals surface area contributed by atoms with E-state index in [-0.39, 0.29) is 17.3 Å². The Bertz CT molecular complexity index is 241. The molecule has 1 rings (SSSR count). The first-order valence-corrected chi connectivity index (χ1v) is 5.33. The van der Waals surface area contributed by atoms with Crippen molar-refractivity contribution in [3.8, 4) is 0 Å². The molecular formula is C12H20O2. The van der Waals surface area contributed by atoms with Gasteiger partial charge in [0.25, 0.3) is 0 Å². The summed E-state index contributed by atoms with van der Waals surface area (Å²) < 4.78 is 5.09. The molecule has 0 aromatic rings. The van der Waals surface area contributed by atoms with Crippen LogP contribution in [0.25, 0.3) is 0 Å². The van der Waals surface area contributed by atoms with Crippen molar-refractivity contribution in [2.24, 2.45) is 11.3 Å². The molecule has 14 heavy (non-hydrogen) atoms. The van der Waals surface area contributed by atoms with Crippen molar-refractivity contribution in [3.05, 3.63) is 12.2 Å². The summed E-state index contributed by atoms with van der Waals surface area (Å²) in [5.74, 6) is -0.196. The second-order valence-electron chi connectivity index (χ2n) is 4.69. The molecule has 0 spiro atoms. The minimum Gasteiger partial charge on any atom is -0.466 e. The van der Waals surface area contributed by atoms with Gasteiger partial charge in [-0.05, 0) is 31.6 Å². The zero-order valence-corrected chi connectivity index (χ0v) is 9.43. The number of carbonyl (C=O) groups is 1. The lowest BCUT2D eigenvalue weighted by Crippen LogP contribution is -2.36. The standard InChI is InChI=1S/C12H20O2/c1-5-14-11(13)10-9(2)7-6-8-12(10,3)4/h10H,2,5-8H2,1,3-4H3/t10-/m0/s1. The second kappa shape index (κ2) is 4.16. The Hall–Kier alpha value is -0.790. The van der Waals surface area contributed by atoms with Crippen LogP contribution in [0.2, 0.25) is 0 Å². The van der Waals surface area contributed by atoms with Crippen molar-refractivity contribution in [2.45, 2.75) is 40.0 Å². The van der Waals surface area contributed by atoms with Gasteiger partial charge in [-0.3, -0.25) is 4.79 Å². The van der Waals surface area contributed by atoms with Crippen LogP contribution < -0.4 is 0 Å². The average Bonchev–Trinajstić information content (AvgIpc) is 2.02. The van der Waals surface area contributed by atoms with Crippen LogP contribution in [0.4, 0.5) is 0 Å². The van der Waals surface area contributed by atoms with Gasteiger partial charge >= 0.3 is 5.97 Å². The highest BCUT2D eigenvalue weighted by Gasteiger charge is 2.40. The van der Waals surface area contributed by atoms with Gasteiger partial charge in [0.2, 0.25) is 0 Å². The summed E-state index contributed by atoms with van der Waals surface area (Å²) in [6.07, 6.45) is 3.18. The molecule has 80 valence electrons. The number of rotatable bonds is 2. The van der Waals surface area contributed by atoms with E-state index in [9.17, 15) is 4.79 Å². The van der Waals surface area contributed by atoms with Crippen molar-refractivity contribution in [1.29, 1.82) is 0 Å². The smallest absolute Gasteiger partial charge is 0.313 e. The van der Waals surface area contributed by atoms with E-state index in [1.165, 1.54) is 0 Å². The van der Waals surface area contributed by atoms with E-state index in [0.29, 0.717) is 6.61 Å². The van der Waals surface area contributed by atoms with Crippen LogP contribution in [-0.4, -0.2) is 12.6 Å². The van der Waals surface area contributed by atoms with Gasteiger partial charge in [-0.25, -0.2) is 0 Å². The second-order valence-corrected chi connectivity index (χ2v) is 4.69. The Morgan fingerprint density at radius 3 is 2.79 bits per heavy atom. The fraction of sp³-hybridized carbons (Fsp3) is 0.750. The fourth-order valence-corrected chi connectivity index (χ4v) is 2.32. The van der Waals surface area contributed by atoms with Gasteiger partial charge in [0.15, 0.2) is 0 Å². The van der Waals surface area contributed by atoms with Crippen LogP contribution in [-0.2, 0) is 9.53 Å². The molecule has 0 unspecified atom stereocenters. The maximum Gasteiger partial charge on any atom is 0.313 e. The first kappa shape index (κ1) is 11.3. The maximum atomic E-state index is 11.7. The normalized spacial score (nSPS) is 25.9. The van der Waals surface area contributed by atoms with Crippen LogP contribution in [0.3, 0.4) is 0 Å². The monoisotopic (exact) mass is 196 g/mol. The predicted molar refractivity (Wildman–Crippen MR) is 56.9 cm³/mol. The third-order valence-electron chi connectivity index (χ3n) is 3.03. The number of carbonyl (C=O) groups excluding carboxylic acids is 1. The molecule has 1 atom stereocenters. The van der Waals surface area contributed by atoms with Gasteiger partial charge in [0, 0.05) is 0 Å². The van der Waals surface area contributed by atoms with Crippen LogP contribution in [0, 0.1) is 11.3 Å². The van der Waals surface area contributed by atoms with Crippen molar-refractivity contribution in [3.63, 3.8) is 0 Å². The van der Waals surface area contributed by atoms with Crippen LogP contribution in [0.5, 0.6) is 0 Å². The van der Waals surface area contributed by atoms with Crippen molar-refractivity contribution in [1.82, 2.24) is 0 Å². The molecule has 0 aromatic heterocycles. The van der Waals surface area contributed by atoms with Gasteiger partial charge in [-0.15, -0.1) is 0 Å². The van der Waals surface area contributed by atoms with Crippen molar-refractivity contribution < 1.29 is 9.53 Å². The highest BCUT2D eigenvalue weighted by Crippen LogP contribution is 2.43. The molecule has 0 radical (unpaired) electrons. The molecule has 0 aliphatic heterocycles. The van der Waals surface area contributed by atoms with E-state index in [1.807, 2.05) is 6.92 Å². The third kappa shape index (κ3) is 2.17. The van der Waals surface area contributed by atoms with Gasteiger partial charge in [-0.2, -0.15) is 0 Å². The largest absolute Gasteiger partial charge is 0.466 e. The molecule has 1 saturated carbocycles. The van der Waals surface area contributed by atoms with Crippen molar-refractivity contribution in [2.75, 3.05) is 6.61 Å². The summed E-state index contributed by atoms with van der Waals surface area (Å²) >= 11 is 0. The van der Waals surface area contributed by atoms with E-state index >= 15 is 0 Å². The summed E-state index contributed by atoms with van der Waals surface area (Å²) in [5, 5.41) is 0. The maximum absolute atomic E-state index is 11.7. The van der Waals surface area contributed by atoms with Crippen LogP contribution in [0.15, 0.2) is 12.2 Å². The summed E-state index contributed by atoms with van der Waals surface area (Å²) in [6, 6.07) is 0. The number of ether oxygens (including phenoxy) is 1. The van der Waals surface area contributed by atoms with Crippen molar-refractivity contribution >= 4 is 5.97 Å². The molecule has 0 heterocycles. The first-order valence-electron chi connectivity index (χ1n) is 5.33. The third-order valence-corrected chi connectivity index (χ3v) is 3.03. The summed E-state index contributed by atoms with van der Waals surface area (Å²) in [5.41, 5.74) is 1.06. The predicted octanol–water partition coefficient (Wildman–Crippen LogP) is 2.93. The Morgan fingerprint density at radius 2 is 2.29 bits per heavy atom. The summed E-state index contributed by atoms with van der Waals surface area (Å²) in [6.45, 7) is 10.5. The molecule has 1 aliphatic carbocycles. The summed E-state index contributed by atoms with van der Waals surface area (Å²) in [7, 11) is 0. The number of hydrogen-bond acceptors (Lipinski definition) is 2. The minimum absolute atomic E-state index is 0.0155. The fourth-order valence-electron chi connectivity index (χ4n) is 2.32. The van der Waals surface area contributed by atoms with E-state index < -0.39 is 0 Å². The molecule has 1 fully saturated rings. The molecule has 0 N–H and O–H groups in total. The number of esters is 1. The lowest BCUT2D eigenvalue weighted by atomic mass is 9.67. The highest BCUT2D eigenvalue weighted by molar-refractivity contribution is 5.76. The van der Waals surface area contributed by atoms with E-state index in [2.05, 4.69) is 20.4 Å². The minimum atomic E-state index is -0.101. The molecule has 2 heteroatoms. The molecule has 0 amide bonds. The van der Waals surface area contributed by atoms with Crippen LogP contribution in [0.1, 0.15) is 40.0 Å². The quantitative estimate of drug-likeness (QED) is 0.501. The van der Waals surface area contributed by atoms with Gasteiger partial charge in [0.1, 0.15) is 0 Å². The van der Waals surface area contributed by atoms with Gasteiger partial charge in [-0.1, -0.05) is 26.0 Å². The van der Waals surface area contributed by atoms with Gasteiger partial charge < -0.3 is 4.74 Å². The molecule has 0 bridgehead atoms. The highest BCUT2D eigenvalue weighted by atomic mass is 16.5. The zero-order valence-electron chi connectivity index (χ0n) is 9.43. The van der Waals surface area contributed by atoms with E-state index in [4.69, 9.17) is 4.74 Å². The lowest BCUT2D eigenvalue weighted by molar-refractivity contribution is -0.151. The molecular weight excluding hydrogens is 176 g/mol. The molecule has 0 aromatic carbocycles. The Balaban J connectivity index is 2.79. The van der Waals surface area contributed by atoms with Gasteiger partial charge in [0.05, 0.1) is 12.5 Å². The topological polar surface area (TPSA) is 26.3 Å². The Morgan fingerprint density at radius 1 is 1.64 bits per heavy atom. The Labute approximate surface area is 86.3 Å². The number of hydrogen-bond donors (Lipinski definition) is 0. The van der Waals surface area contributed by atoms with E-state index in [0.717, 1.165) is 24.8 Å². The molecule has 2 nitrogen and oxygen atoms in total. The zero-order chi connectivity index (χ0) is 10.8. The lowest BCUT2D eigenvalue weighted by Gasteiger charge is -2.38. The Kier molecular flexibility index (Phi) is 3.35. The summed E-state index contributed by atoms with van der Waals surface area (Å²) in [4.78, 5) is 11.7. The van der Waals surface area contributed by atoms with Crippen LogP contribution >= 0.6 is 0 Å².